The Morgan fingerprint density at radius 2 is 2.28 bits per heavy atom. The lowest BCUT2D eigenvalue weighted by Gasteiger charge is -2.11. The van der Waals surface area contributed by atoms with Gasteiger partial charge in [0.05, 0.1) is 12.2 Å². The average molecular weight is 249 g/mol. The Labute approximate surface area is 107 Å². The number of nitrogens with zero attached hydrogens (tertiary/aromatic N) is 1. The van der Waals surface area contributed by atoms with Crippen LogP contribution in [0.3, 0.4) is 0 Å². The number of nitrogens with one attached hydrogen (secondary N) is 2. The van der Waals surface area contributed by atoms with Crippen LogP contribution < -0.4 is 15.4 Å². The summed E-state index contributed by atoms with van der Waals surface area (Å²) in [5, 5.41) is 6.04. The largest absolute Gasteiger partial charge is 0.493 e. The van der Waals surface area contributed by atoms with Gasteiger partial charge in [-0.2, -0.15) is 0 Å². The molecule has 1 heterocycles. The lowest BCUT2D eigenvalue weighted by Crippen LogP contribution is -2.26. The fraction of sp³-hybridized carbons (Fsp3) is 0.538. The second kappa shape index (κ2) is 5.71. The first-order valence-corrected chi connectivity index (χ1v) is 6.42. The van der Waals surface area contributed by atoms with Gasteiger partial charge in [0.1, 0.15) is 11.6 Å². The Morgan fingerprint density at radius 3 is 2.89 bits per heavy atom. The number of rotatable bonds is 6. The van der Waals surface area contributed by atoms with E-state index in [1.165, 1.54) is 0 Å². The van der Waals surface area contributed by atoms with E-state index in [2.05, 4.69) is 15.6 Å². The molecule has 0 unspecified atom stereocenters. The van der Waals surface area contributed by atoms with E-state index in [9.17, 15) is 4.79 Å². The molecule has 0 radical (unpaired) electrons. The number of carbonyl (C=O) groups excluding carboxylic acids is 1. The molecule has 2 rings (SSSR count). The van der Waals surface area contributed by atoms with Gasteiger partial charge in [-0.15, -0.1) is 0 Å². The molecule has 1 aliphatic carbocycles. The highest BCUT2D eigenvalue weighted by Crippen LogP contribution is 2.24. The standard InChI is InChI=1S/C13H19N3O2/c1-3-14-12-7-11(18-4-2)10(8-15-12)13(17)16-9-5-6-9/h7-9H,3-6H2,1-2H3,(H,14,15)(H,16,17). The molecule has 5 heteroatoms. The van der Waals surface area contributed by atoms with E-state index in [4.69, 9.17) is 4.74 Å². The third kappa shape index (κ3) is 3.12. The van der Waals surface area contributed by atoms with Crippen LogP contribution in [-0.2, 0) is 0 Å². The van der Waals surface area contributed by atoms with Gasteiger partial charge in [0, 0.05) is 24.8 Å². The van der Waals surface area contributed by atoms with E-state index in [0.717, 1.165) is 25.2 Å². The summed E-state index contributed by atoms with van der Waals surface area (Å²) in [6.07, 6.45) is 3.71. The highest BCUT2D eigenvalue weighted by Gasteiger charge is 2.25. The fourth-order valence-electron chi connectivity index (χ4n) is 1.65. The molecule has 0 atom stereocenters. The van der Waals surface area contributed by atoms with Gasteiger partial charge < -0.3 is 15.4 Å². The van der Waals surface area contributed by atoms with E-state index in [1.54, 1.807) is 12.3 Å². The molecule has 0 aromatic carbocycles. The molecule has 1 fully saturated rings. The van der Waals surface area contributed by atoms with Crippen LogP contribution in [0.5, 0.6) is 5.75 Å². The zero-order valence-corrected chi connectivity index (χ0v) is 10.8. The molecule has 0 saturated heterocycles. The highest BCUT2D eigenvalue weighted by molar-refractivity contribution is 5.97. The summed E-state index contributed by atoms with van der Waals surface area (Å²) >= 11 is 0. The van der Waals surface area contributed by atoms with Crippen molar-refractivity contribution in [2.24, 2.45) is 0 Å². The Kier molecular flexibility index (Phi) is 4.02. The predicted molar refractivity (Wildman–Crippen MR) is 70.1 cm³/mol. The first-order chi connectivity index (χ1) is 8.74. The lowest BCUT2D eigenvalue weighted by atomic mass is 10.2. The lowest BCUT2D eigenvalue weighted by molar-refractivity contribution is 0.0947. The summed E-state index contributed by atoms with van der Waals surface area (Å²) < 4.78 is 5.51. The molecule has 2 N–H and O–H groups in total. The number of hydrogen-bond acceptors (Lipinski definition) is 4. The monoisotopic (exact) mass is 249 g/mol. The maximum absolute atomic E-state index is 12.0. The minimum Gasteiger partial charge on any atom is -0.493 e. The van der Waals surface area contributed by atoms with Crippen LogP contribution in [-0.4, -0.2) is 30.1 Å². The molecule has 1 aliphatic rings. The molecule has 1 aromatic rings. The van der Waals surface area contributed by atoms with Crippen molar-refractivity contribution in [3.63, 3.8) is 0 Å². The molecule has 5 nitrogen and oxygen atoms in total. The van der Waals surface area contributed by atoms with Crippen molar-refractivity contribution >= 4 is 11.7 Å². The Morgan fingerprint density at radius 1 is 1.50 bits per heavy atom. The summed E-state index contributed by atoms with van der Waals surface area (Å²) in [6, 6.07) is 2.11. The second-order valence-electron chi connectivity index (χ2n) is 4.28. The van der Waals surface area contributed by atoms with Crippen molar-refractivity contribution in [1.82, 2.24) is 10.3 Å². The number of pyridine rings is 1. The molecule has 0 spiro atoms. The molecular weight excluding hydrogens is 230 g/mol. The maximum Gasteiger partial charge on any atom is 0.256 e. The van der Waals surface area contributed by atoms with Gasteiger partial charge in [0.25, 0.3) is 5.91 Å². The molecule has 0 aliphatic heterocycles. The first kappa shape index (κ1) is 12.7. The number of amides is 1. The SMILES string of the molecule is CCNc1cc(OCC)c(C(=O)NC2CC2)cn1. The first-order valence-electron chi connectivity index (χ1n) is 6.42. The van der Waals surface area contributed by atoms with Gasteiger partial charge in [-0.25, -0.2) is 4.98 Å². The minimum absolute atomic E-state index is 0.100. The smallest absolute Gasteiger partial charge is 0.256 e. The third-order valence-electron chi connectivity index (χ3n) is 2.68. The summed E-state index contributed by atoms with van der Waals surface area (Å²) in [6.45, 7) is 5.21. The van der Waals surface area contributed by atoms with Gasteiger partial charge in [-0.1, -0.05) is 0 Å². The number of carbonyl (C=O) groups is 1. The van der Waals surface area contributed by atoms with Crippen molar-refractivity contribution < 1.29 is 9.53 Å². The topological polar surface area (TPSA) is 63.2 Å². The molecule has 0 bridgehead atoms. The summed E-state index contributed by atoms with van der Waals surface area (Å²) in [4.78, 5) is 16.2. The average Bonchev–Trinajstić information content (AvgIpc) is 3.14. The van der Waals surface area contributed by atoms with Gasteiger partial charge in [0.15, 0.2) is 0 Å². The molecule has 18 heavy (non-hydrogen) atoms. The van der Waals surface area contributed by atoms with Crippen LogP contribution in [0.15, 0.2) is 12.3 Å². The van der Waals surface area contributed by atoms with E-state index >= 15 is 0 Å². The zero-order valence-electron chi connectivity index (χ0n) is 10.8. The molecule has 1 saturated carbocycles. The minimum atomic E-state index is -0.100. The number of aromatic nitrogens is 1. The van der Waals surface area contributed by atoms with Gasteiger partial charge in [-0.05, 0) is 26.7 Å². The number of anilines is 1. The maximum atomic E-state index is 12.0. The van der Waals surface area contributed by atoms with Gasteiger partial charge in [0.2, 0.25) is 0 Å². The van der Waals surface area contributed by atoms with Gasteiger partial charge in [-0.3, -0.25) is 4.79 Å². The third-order valence-corrected chi connectivity index (χ3v) is 2.68. The zero-order chi connectivity index (χ0) is 13.0. The summed E-state index contributed by atoms with van der Waals surface area (Å²) in [5.41, 5.74) is 0.505. The molecular formula is C13H19N3O2. The molecule has 98 valence electrons. The van der Waals surface area contributed by atoms with Crippen molar-refractivity contribution in [2.75, 3.05) is 18.5 Å². The molecule has 1 amide bonds. The van der Waals surface area contributed by atoms with Crippen molar-refractivity contribution in [3.05, 3.63) is 17.8 Å². The number of hydrogen-bond donors (Lipinski definition) is 2. The second-order valence-corrected chi connectivity index (χ2v) is 4.28. The Hall–Kier alpha value is -1.78. The fourth-order valence-corrected chi connectivity index (χ4v) is 1.65. The Balaban J connectivity index is 2.17. The van der Waals surface area contributed by atoms with Crippen molar-refractivity contribution in [2.45, 2.75) is 32.7 Å². The summed E-state index contributed by atoms with van der Waals surface area (Å²) in [7, 11) is 0. The quantitative estimate of drug-likeness (QED) is 0.807. The van der Waals surface area contributed by atoms with Crippen LogP contribution in [0.25, 0.3) is 0 Å². The van der Waals surface area contributed by atoms with E-state index in [0.29, 0.717) is 24.0 Å². The van der Waals surface area contributed by atoms with Crippen molar-refractivity contribution in [3.8, 4) is 5.75 Å². The van der Waals surface area contributed by atoms with E-state index in [-0.39, 0.29) is 5.91 Å². The highest BCUT2D eigenvalue weighted by atomic mass is 16.5. The van der Waals surface area contributed by atoms with Crippen LogP contribution in [0, 0.1) is 0 Å². The van der Waals surface area contributed by atoms with Crippen LogP contribution >= 0.6 is 0 Å². The normalized spacial score (nSPS) is 14.1. The summed E-state index contributed by atoms with van der Waals surface area (Å²) in [5.74, 6) is 1.21. The van der Waals surface area contributed by atoms with E-state index < -0.39 is 0 Å². The van der Waals surface area contributed by atoms with Gasteiger partial charge >= 0.3 is 0 Å². The Bertz CT molecular complexity index is 430. The van der Waals surface area contributed by atoms with E-state index in [1.807, 2.05) is 13.8 Å². The van der Waals surface area contributed by atoms with Crippen LogP contribution in [0.2, 0.25) is 0 Å². The van der Waals surface area contributed by atoms with Crippen molar-refractivity contribution in [1.29, 1.82) is 0 Å². The predicted octanol–water partition coefficient (Wildman–Crippen LogP) is 1.80. The van der Waals surface area contributed by atoms with Crippen LogP contribution in [0.4, 0.5) is 5.82 Å². The van der Waals surface area contributed by atoms with Crippen LogP contribution in [0.1, 0.15) is 37.0 Å². The molecule has 1 aromatic heterocycles. The number of ether oxygens (including phenoxy) is 1.